The summed E-state index contributed by atoms with van der Waals surface area (Å²) in [5.41, 5.74) is 0.331. The molecule has 0 aliphatic carbocycles. The van der Waals surface area contributed by atoms with Crippen molar-refractivity contribution in [2.75, 3.05) is 14.2 Å². The Labute approximate surface area is 166 Å². The number of nitro groups is 1. The summed E-state index contributed by atoms with van der Waals surface area (Å²) in [5.74, 6) is -2.95. The van der Waals surface area contributed by atoms with Crippen LogP contribution in [0.15, 0.2) is 48.7 Å². The Kier molecular flexibility index (Phi) is 7.35. The van der Waals surface area contributed by atoms with E-state index in [1.807, 2.05) is 0 Å². The molecule has 1 heterocycles. The Bertz CT molecular complexity index is 884. The van der Waals surface area contributed by atoms with Crippen LogP contribution in [0, 0.1) is 10.1 Å². The van der Waals surface area contributed by atoms with Gasteiger partial charge in [-0.2, -0.15) is 0 Å². The van der Waals surface area contributed by atoms with Crippen LogP contribution in [0.5, 0.6) is 0 Å². The average molecular weight is 401 g/mol. The lowest BCUT2D eigenvalue weighted by Gasteiger charge is -2.25. The minimum absolute atomic E-state index is 0.0712. The SMILES string of the molecule is COC(=O)C[C@@H](c1ccc([N+](=O)[O-])cc1)[C@H](NC(=O)c1ccccn1)C(=O)OC. The summed E-state index contributed by atoms with van der Waals surface area (Å²) in [6.45, 7) is 0. The third kappa shape index (κ3) is 5.58. The molecule has 0 fully saturated rings. The number of ether oxygens (including phenoxy) is 2. The summed E-state index contributed by atoms with van der Waals surface area (Å²) >= 11 is 0. The van der Waals surface area contributed by atoms with E-state index in [-0.39, 0.29) is 17.8 Å². The highest BCUT2D eigenvalue weighted by Gasteiger charge is 2.34. The summed E-state index contributed by atoms with van der Waals surface area (Å²) < 4.78 is 9.49. The lowest BCUT2D eigenvalue weighted by atomic mass is 9.88. The van der Waals surface area contributed by atoms with E-state index in [1.165, 1.54) is 43.6 Å². The molecule has 10 nitrogen and oxygen atoms in total. The van der Waals surface area contributed by atoms with Gasteiger partial charge in [-0.25, -0.2) is 4.79 Å². The third-order valence-corrected chi connectivity index (χ3v) is 4.19. The molecule has 0 aliphatic heterocycles. The van der Waals surface area contributed by atoms with Crippen LogP contribution in [0.1, 0.15) is 28.4 Å². The zero-order valence-corrected chi connectivity index (χ0v) is 15.7. The van der Waals surface area contributed by atoms with Crippen molar-refractivity contribution < 1.29 is 28.8 Å². The summed E-state index contributed by atoms with van der Waals surface area (Å²) in [4.78, 5) is 51.1. The maximum absolute atomic E-state index is 12.5. The Morgan fingerprint density at radius 1 is 1.10 bits per heavy atom. The number of pyridine rings is 1. The number of methoxy groups -OCH3 is 2. The Balaban J connectivity index is 2.40. The van der Waals surface area contributed by atoms with Gasteiger partial charge in [0.2, 0.25) is 0 Å². The molecule has 0 saturated carbocycles. The number of nitrogens with zero attached hydrogens (tertiary/aromatic N) is 2. The maximum atomic E-state index is 12.5. The van der Waals surface area contributed by atoms with Gasteiger partial charge in [-0.1, -0.05) is 18.2 Å². The van der Waals surface area contributed by atoms with Crippen LogP contribution in [0.3, 0.4) is 0 Å². The normalized spacial score (nSPS) is 12.3. The van der Waals surface area contributed by atoms with Crippen molar-refractivity contribution in [2.45, 2.75) is 18.4 Å². The zero-order valence-electron chi connectivity index (χ0n) is 15.7. The van der Waals surface area contributed by atoms with Crippen molar-refractivity contribution in [1.82, 2.24) is 10.3 Å². The predicted molar refractivity (Wildman–Crippen MR) is 100.0 cm³/mol. The Morgan fingerprint density at radius 2 is 1.79 bits per heavy atom. The van der Waals surface area contributed by atoms with Crippen LogP contribution in [0.25, 0.3) is 0 Å². The lowest BCUT2D eigenvalue weighted by molar-refractivity contribution is -0.384. The molecule has 0 unspecified atom stereocenters. The number of amides is 1. The number of hydrogen-bond acceptors (Lipinski definition) is 8. The van der Waals surface area contributed by atoms with E-state index in [4.69, 9.17) is 9.47 Å². The fourth-order valence-corrected chi connectivity index (χ4v) is 2.70. The number of nitro benzene ring substituents is 1. The second kappa shape index (κ2) is 9.93. The van der Waals surface area contributed by atoms with E-state index in [2.05, 4.69) is 10.3 Å². The molecular weight excluding hydrogens is 382 g/mol. The van der Waals surface area contributed by atoms with Gasteiger partial charge in [0, 0.05) is 24.2 Å². The molecule has 2 aromatic rings. The molecule has 0 spiro atoms. The largest absolute Gasteiger partial charge is 0.469 e. The first-order chi connectivity index (χ1) is 13.9. The molecule has 0 aliphatic rings. The molecular formula is C19H19N3O7. The van der Waals surface area contributed by atoms with Crippen molar-refractivity contribution in [3.05, 3.63) is 70.0 Å². The number of nitrogens with one attached hydrogen (secondary N) is 1. The number of hydrogen-bond donors (Lipinski definition) is 1. The first kappa shape index (κ1) is 21.5. The summed E-state index contributed by atoms with van der Waals surface area (Å²) in [6.07, 6.45) is 1.15. The standard InChI is InChI=1S/C19H19N3O7/c1-28-16(23)11-14(12-6-8-13(9-7-12)22(26)27)17(19(25)29-2)21-18(24)15-5-3-4-10-20-15/h3-10,14,17H,11H2,1-2H3,(H,21,24)/t14-,17-/m0/s1. The van der Waals surface area contributed by atoms with Crippen LogP contribution in [-0.4, -0.2) is 48.0 Å². The third-order valence-electron chi connectivity index (χ3n) is 4.19. The van der Waals surface area contributed by atoms with Crippen molar-refractivity contribution in [2.24, 2.45) is 0 Å². The molecule has 2 rings (SSSR count). The van der Waals surface area contributed by atoms with E-state index < -0.39 is 34.7 Å². The van der Waals surface area contributed by atoms with Crippen molar-refractivity contribution in [3.63, 3.8) is 0 Å². The van der Waals surface area contributed by atoms with Gasteiger partial charge in [-0.15, -0.1) is 0 Å². The quantitative estimate of drug-likeness (QED) is 0.400. The van der Waals surface area contributed by atoms with Crippen LogP contribution in [-0.2, 0) is 19.1 Å². The van der Waals surface area contributed by atoms with Crippen LogP contribution < -0.4 is 5.32 Å². The molecule has 1 aromatic heterocycles. The molecule has 10 heteroatoms. The second-order valence-electron chi connectivity index (χ2n) is 5.92. The van der Waals surface area contributed by atoms with Gasteiger partial charge >= 0.3 is 11.9 Å². The van der Waals surface area contributed by atoms with E-state index in [0.717, 1.165) is 7.11 Å². The Hall–Kier alpha value is -3.82. The van der Waals surface area contributed by atoms with Gasteiger partial charge in [0.15, 0.2) is 0 Å². The molecule has 0 radical (unpaired) electrons. The fourth-order valence-electron chi connectivity index (χ4n) is 2.70. The first-order valence-corrected chi connectivity index (χ1v) is 8.48. The van der Waals surface area contributed by atoms with E-state index >= 15 is 0 Å². The molecule has 0 saturated heterocycles. The van der Waals surface area contributed by atoms with Crippen LogP contribution in [0.4, 0.5) is 5.69 Å². The van der Waals surface area contributed by atoms with Gasteiger partial charge in [0.05, 0.1) is 25.6 Å². The fraction of sp³-hybridized carbons (Fsp3) is 0.263. The van der Waals surface area contributed by atoms with E-state index in [1.54, 1.807) is 12.1 Å². The molecule has 152 valence electrons. The maximum Gasteiger partial charge on any atom is 0.329 e. The van der Waals surface area contributed by atoms with Crippen LogP contribution >= 0.6 is 0 Å². The number of esters is 2. The lowest BCUT2D eigenvalue weighted by Crippen LogP contribution is -2.46. The summed E-state index contributed by atoms with van der Waals surface area (Å²) in [5, 5.41) is 13.4. The molecule has 0 bridgehead atoms. The minimum atomic E-state index is -1.25. The molecule has 1 N–H and O–H groups in total. The molecule has 29 heavy (non-hydrogen) atoms. The molecule has 2 atom stereocenters. The van der Waals surface area contributed by atoms with Gasteiger partial charge in [0.25, 0.3) is 11.6 Å². The van der Waals surface area contributed by atoms with Crippen molar-refractivity contribution in [1.29, 1.82) is 0 Å². The molecule has 1 aromatic carbocycles. The number of rotatable bonds is 8. The van der Waals surface area contributed by atoms with Gasteiger partial charge in [-0.3, -0.25) is 24.7 Å². The van der Waals surface area contributed by atoms with Crippen molar-refractivity contribution >= 4 is 23.5 Å². The topological polar surface area (TPSA) is 138 Å². The Morgan fingerprint density at radius 3 is 2.31 bits per heavy atom. The predicted octanol–water partition coefficient (Wildman–Crippen LogP) is 1.61. The molecule has 1 amide bonds. The minimum Gasteiger partial charge on any atom is -0.469 e. The highest BCUT2D eigenvalue weighted by atomic mass is 16.6. The van der Waals surface area contributed by atoms with E-state index in [9.17, 15) is 24.5 Å². The summed E-state index contributed by atoms with van der Waals surface area (Å²) in [7, 11) is 2.34. The second-order valence-corrected chi connectivity index (χ2v) is 5.92. The van der Waals surface area contributed by atoms with Gasteiger partial charge in [-0.05, 0) is 17.7 Å². The van der Waals surface area contributed by atoms with Gasteiger partial charge < -0.3 is 14.8 Å². The number of non-ortho nitro benzene ring substituents is 1. The van der Waals surface area contributed by atoms with Gasteiger partial charge in [0.1, 0.15) is 11.7 Å². The number of aromatic nitrogens is 1. The first-order valence-electron chi connectivity index (χ1n) is 8.48. The smallest absolute Gasteiger partial charge is 0.329 e. The summed E-state index contributed by atoms with van der Waals surface area (Å²) in [6, 6.07) is 8.76. The number of benzene rings is 1. The highest BCUT2D eigenvalue weighted by molar-refractivity contribution is 5.95. The average Bonchev–Trinajstić information content (AvgIpc) is 2.75. The number of carbonyl (C=O) groups excluding carboxylic acids is 3. The highest BCUT2D eigenvalue weighted by Crippen LogP contribution is 2.27. The van der Waals surface area contributed by atoms with E-state index in [0.29, 0.717) is 5.56 Å². The zero-order chi connectivity index (χ0) is 21.4. The van der Waals surface area contributed by atoms with Crippen LogP contribution in [0.2, 0.25) is 0 Å². The number of carbonyl (C=O) groups is 3. The van der Waals surface area contributed by atoms with Crippen molar-refractivity contribution in [3.8, 4) is 0 Å². The monoisotopic (exact) mass is 401 g/mol.